The number of rotatable bonds is 6. The molecule has 1 fully saturated rings. The lowest BCUT2D eigenvalue weighted by Gasteiger charge is -2.23. The van der Waals surface area contributed by atoms with E-state index in [2.05, 4.69) is 25.3 Å². The second-order valence-corrected chi connectivity index (χ2v) is 8.15. The summed E-state index contributed by atoms with van der Waals surface area (Å²) in [5, 5.41) is 6.07. The van der Waals surface area contributed by atoms with Gasteiger partial charge in [-0.1, -0.05) is 0 Å². The molecular formula is C20H31F3IN5O3. The number of alkyl halides is 3. The third kappa shape index (κ3) is 10.6. The van der Waals surface area contributed by atoms with Gasteiger partial charge in [0.25, 0.3) is 0 Å². The van der Waals surface area contributed by atoms with Gasteiger partial charge in [-0.3, -0.25) is 0 Å². The van der Waals surface area contributed by atoms with Crippen LogP contribution in [0.25, 0.3) is 0 Å². The summed E-state index contributed by atoms with van der Waals surface area (Å²) in [5.74, 6) is 0.559. The number of alkyl carbamates (subject to hydrolysis) is 1. The summed E-state index contributed by atoms with van der Waals surface area (Å²) < 4.78 is 47.0. The van der Waals surface area contributed by atoms with Crippen LogP contribution in [0.4, 0.5) is 18.0 Å². The zero-order valence-corrected chi connectivity index (χ0v) is 21.0. The normalized spacial score (nSPS) is 16.9. The van der Waals surface area contributed by atoms with Crippen molar-refractivity contribution in [1.29, 1.82) is 0 Å². The van der Waals surface area contributed by atoms with E-state index in [1.807, 2.05) is 32.6 Å². The minimum absolute atomic E-state index is 0. The molecule has 0 saturated carbocycles. The average Bonchev–Trinajstić information content (AvgIpc) is 3.10. The Balaban J connectivity index is 0.00000512. The maximum absolute atomic E-state index is 12.3. The Morgan fingerprint density at radius 1 is 1.34 bits per heavy atom. The SMILES string of the molecule is CCNC(=NCc1ccnc(OCC(F)(F)F)c1)N1CCC(NC(=O)OC(C)(C)C)C1.I. The molecule has 1 atom stereocenters. The molecule has 1 aliphatic rings. The minimum Gasteiger partial charge on any atom is -0.468 e. The van der Waals surface area contributed by atoms with Crippen LogP contribution < -0.4 is 15.4 Å². The van der Waals surface area contributed by atoms with Gasteiger partial charge >= 0.3 is 12.3 Å². The first kappa shape index (κ1) is 28.0. The molecular weight excluding hydrogens is 542 g/mol. The van der Waals surface area contributed by atoms with Gasteiger partial charge in [0.15, 0.2) is 12.6 Å². The van der Waals surface area contributed by atoms with Crippen LogP contribution in [0.5, 0.6) is 5.88 Å². The highest BCUT2D eigenvalue weighted by Crippen LogP contribution is 2.18. The van der Waals surface area contributed by atoms with Gasteiger partial charge in [0.1, 0.15) is 5.60 Å². The molecule has 1 aliphatic heterocycles. The molecule has 1 aromatic rings. The number of carbonyl (C=O) groups is 1. The minimum atomic E-state index is -4.42. The van der Waals surface area contributed by atoms with Gasteiger partial charge in [0, 0.05) is 31.9 Å². The van der Waals surface area contributed by atoms with Gasteiger partial charge in [0.05, 0.1) is 12.6 Å². The van der Waals surface area contributed by atoms with Crippen molar-refractivity contribution in [2.75, 3.05) is 26.2 Å². The van der Waals surface area contributed by atoms with E-state index in [1.54, 1.807) is 6.07 Å². The smallest absolute Gasteiger partial charge is 0.422 e. The van der Waals surface area contributed by atoms with Crippen LogP contribution >= 0.6 is 24.0 Å². The number of nitrogens with zero attached hydrogens (tertiary/aromatic N) is 3. The molecule has 1 amide bonds. The molecule has 32 heavy (non-hydrogen) atoms. The molecule has 0 aromatic carbocycles. The highest BCUT2D eigenvalue weighted by Gasteiger charge is 2.29. The molecule has 1 unspecified atom stereocenters. The van der Waals surface area contributed by atoms with Crippen molar-refractivity contribution >= 4 is 36.0 Å². The molecule has 2 rings (SSSR count). The molecule has 2 N–H and O–H groups in total. The molecule has 8 nitrogen and oxygen atoms in total. The van der Waals surface area contributed by atoms with Crippen molar-refractivity contribution in [3.63, 3.8) is 0 Å². The highest BCUT2D eigenvalue weighted by atomic mass is 127. The van der Waals surface area contributed by atoms with Gasteiger partial charge in [-0.05, 0) is 45.7 Å². The Kier molecular flexibility index (Phi) is 10.8. The molecule has 0 aliphatic carbocycles. The molecule has 12 heteroatoms. The maximum Gasteiger partial charge on any atom is 0.422 e. The monoisotopic (exact) mass is 573 g/mol. The summed E-state index contributed by atoms with van der Waals surface area (Å²) in [6.45, 7) is 8.13. The number of nitrogens with one attached hydrogen (secondary N) is 2. The number of guanidine groups is 1. The molecule has 0 bridgehead atoms. The summed E-state index contributed by atoms with van der Waals surface area (Å²) in [7, 11) is 0. The van der Waals surface area contributed by atoms with Crippen molar-refractivity contribution in [3.8, 4) is 5.88 Å². The van der Waals surface area contributed by atoms with Crippen molar-refractivity contribution < 1.29 is 27.4 Å². The number of likely N-dealkylation sites (tertiary alicyclic amines) is 1. The first-order valence-electron chi connectivity index (χ1n) is 10.1. The van der Waals surface area contributed by atoms with Crippen molar-refractivity contribution in [2.45, 2.75) is 58.5 Å². The highest BCUT2D eigenvalue weighted by molar-refractivity contribution is 14.0. The van der Waals surface area contributed by atoms with E-state index < -0.39 is 24.5 Å². The summed E-state index contributed by atoms with van der Waals surface area (Å²) in [6, 6.07) is 3.04. The van der Waals surface area contributed by atoms with E-state index in [0.29, 0.717) is 31.2 Å². The van der Waals surface area contributed by atoms with Crippen LogP contribution in [-0.2, 0) is 11.3 Å². The Bertz CT molecular complexity index is 772. The number of amides is 1. The number of ether oxygens (including phenoxy) is 2. The fourth-order valence-electron chi connectivity index (χ4n) is 2.92. The van der Waals surface area contributed by atoms with Crippen LogP contribution in [0.15, 0.2) is 23.3 Å². The lowest BCUT2D eigenvalue weighted by molar-refractivity contribution is -0.154. The van der Waals surface area contributed by atoms with Crippen molar-refractivity contribution in [3.05, 3.63) is 23.9 Å². The van der Waals surface area contributed by atoms with Crippen LogP contribution in [0.2, 0.25) is 0 Å². The lowest BCUT2D eigenvalue weighted by atomic mass is 10.2. The number of hydrogen-bond acceptors (Lipinski definition) is 5. The number of aliphatic imine (C=N–C) groups is 1. The number of carbonyl (C=O) groups excluding carboxylic acids is 1. The van der Waals surface area contributed by atoms with Gasteiger partial charge in [-0.2, -0.15) is 13.2 Å². The predicted octanol–water partition coefficient (Wildman–Crippen LogP) is 3.71. The number of pyridine rings is 1. The Morgan fingerprint density at radius 3 is 2.69 bits per heavy atom. The van der Waals surface area contributed by atoms with Gasteiger partial charge in [-0.15, -0.1) is 24.0 Å². The lowest BCUT2D eigenvalue weighted by Crippen LogP contribution is -2.44. The van der Waals surface area contributed by atoms with E-state index in [9.17, 15) is 18.0 Å². The quantitative estimate of drug-likeness (QED) is 0.307. The van der Waals surface area contributed by atoms with Crippen molar-refractivity contribution in [1.82, 2.24) is 20.5 Å². The van der Waals surface area contributed by atoms with Gasteiger partial charge in [-0.25, -0.2) is 14.8 Å². The van der Waals surface area contributed by atoms with Crippen LogP contribution in [-0.4, -0.2) is 66.0 Å². The molecule has 0 radical (unpaired) electrons. The van der Waals surface area contributed by atoms with E-state index >= 15 is 0 Å². The number of hydrogen-bond donors (Lipinski definition) is 2. The largest absolute Gasteiger partial charge is 0.468 e. The zero-order chi connectivity index (χ0) is 23.1. The van der Waals surface area contributed by atoms with Crippen LogP contribution in [0.1, 0.15) is 39.7 Å². The van der Waals surface area contributed by atoms with Gasteiger partial charge in [0.2, 0.25) is 5.88 Å². The van der Waals surface area contributed by atoms with E-state index in [1.165, 1.54) is 12.3 Å². The molecule has 0 spiro atoms. The topological polar surface area (TPSA) is 88.1 Å². The summed E-state index contributed by atoms with van der Waals surface area (Å²) in [6.07, 6.45) is -2.74. The van der Waals surface area contributed by atoms with E-state index in [4.69, 9.17) is 4.74 Å². The predicted molar refractivity (Wildman–Crippen MR) is 125 cm³/mol. The van der Waals surface area contributed by atoms with Crippen molar-refractivity contribution in [2.24, 2.45) is 4.99 Å². The van der Waals surface area contributed by atoms with Gasteiger partial charge < -0.3 is 25.0 Å². The molecule has 182 valence electrons. The van der Waals surface area contributed by atoms with E-state index in [0.717, 1.165) is 6.42 Å². The summed E-state index contributed by atoms with van der Waals surface area (Å²) >= 11 is 0. The first-order valence-corrected chi connectivity index (χ1v) is 10.1. The fraction of sp³-hybridized carbons (Fsp3) is 0.650. The molecule has 2 heterocycles. The Labute approximate surface area is 203 Å². The summed E-state index contributed by atoms with van der Waals surface area (Å²) in [5.41, 5.74) is 0.108. The first-order chi connectivity index (χ1) is 14.4. The second-order valence-electron chi connectivity index (χ2n) is 8.15. The standard InChI is InChI=1S/C20H30F3N5O3.HI/c1-5-24-17(28-9-7-15(12-28)27-18(29)31-19(2,3)4)26-11-14-6-8-25-16(10-14)30-13-20(21,22)23;/h6,8,10,15H,5,7,9,11-13H2,1-4H3,(H,24,26)(H,27,29);1H. The maximum atomic E-state index is 12.3. The molecule has 1 saturated heterocycles. The van der Waals surface area contributed by atoms with E-state index in [-0.39, 0.29) is 42.4 Å². The Morgan fingerprint density at radius 2 is 2.06 bits per heavy atom. The zero-order valence-electron chi connectivity index (χ0n) is 18.7. The fourth-order valence-corrected chi connectivity index (χ4v) is 2.92. The summed E-state index contributed by atoms with van der Waals surface area (Å²) in [4.78, 5) is 22.4. The molecule has 1 aromatic heterocycles. The van der Waals surface area contributed by atoms with Crippen LogP contribution in [0, 0.1) is 0 Å². The average molecular weight is 573 g/mol. The third-order valence-corrected chi connectivity index (χ3v) is 4.14. The van der Waals surface area contributed by atoms with Crippen LogP contribution in [0.3, 0.4) is 0 Å². The number of halogens is 4. The number of aromatic nitrogens is 1. The third-order valence-electron chi connectivity index (χ3n) is 4.14. The Hall–Kier alpha value is -1.99. The second kappa shape index (κ2) is 12.3.